The van der Waals surface area contributed by atoms with Crippen LogP contribution in [-0.4, -0.2) is 24.4 Å². The van der Waals surface area contributed by atoms with Crippen LogP contribution >= 0.6 is 11.6 Å². The van der Waals surface area contributed by atoms with E-state index in [1.165, 1.54) is 17.5 Å². The first-order valence-electron chi connectivity index (χ1n) is 8.42. The second-order valence-corrected chi connectivity index (χ2v) is 6.87. The second kappa shape index (κ2) is 7.82. The van der Waals surface area contributed by atoms with Gasteiger partial charge in [-0.3, -0.25) is 9.69 Å². The molecule has 3 nitrogen and oxygen atoms in total. The molecule has 0 heterocycles. The number of halogens is 1. The summed E-state index contributed by atoms with van der Waals surface area (Å²) < 4.78 is 0. The van der Waals surface area contributed by atoms with Crippen molar-refractivity contribution in [1.29, 1.82) is 0 Å². The van der Waals surface area contributed by atoms with Gasteiger partial charge in [-0.25, -0.2) is 0 Å². The quantitative estimate of drug-likeness (QED) is 0.891. The molecule has 3 rings (SSSR count). The Bertz CT molecular complexity index is 716. The molecular weight excluding hydrogens is 320 g/mol. The van der Waals surface area contributed by atoms with Gasteiger partial charge in [0.05, 0.1) is 6.54 Å². The number of nitrogens with zero attached hydrogens (tertiary/aromatic N) is 1. The molecule has 0 fully saturated rings. The zero-order valence-electron chi connectivity index (χ0n) is 14.0. The third kappa shape index (κ3) is 4.16. The van der Waals surface area contributed by atoms with Crippen molar-refractivity contribution in [3.8, 4) is 0 Å². The largest absolute Gasteiger partial charge is 0.351 e. The number of rotatable bonds is 5. The number of amides is 1. The molecule has 1 atom stereocenters. The van der Waals surface area contributed by atoms with Crippen molar-refractivity contribution in [2.75, 3.05) is 13.6 Å². The van der Waals surface area contributed by atoms with E-state index in [0.717, 1.165) is 18.4 Å². The minimum atomic E-state index is 0.0422. The minimum Gasteiger partial charge on any atom is -0.351 e. The van der Waals surface area contributed by atoms with Gasteiger partial charge < -0.3 is 5.32 Å². The fourth-order valence-corrected chi connectivity index (χ4v) is 3.64. The molecule has 0 aromatic heterocycles. The average Bonchev–Trinajstić information content (AvgIpc) is 2.59. The number of carbonyl (C=O) groups is 1. The lowest BCUT2D eigenvalue weighted by Gasteiger charge is -2.32. The van der Waals surface area contributed by atoms with E-state index in [2.05, 4.69) is 34.5 Å². The maximum atomic E-state index is 12.3. The highest BCUT2D eigenvalue weighted by Gasteiger charge is 2.24. The first kappa shape index (κ1) is 17.0. The summed E-state index contributed by atoms with van der Waals surface area (Å²) in [6, 6.07) is 16.5. The average molecular weight is 343 g/mol. The third-order valence-electron chi connectivity index (χ3n) is 4.64. The van der Waals surface area contributed by atoms with Crippen molar-refractivity contribution < 1.29 is 4.79 Å². The molecular formula is C20H23ClN2O. The van der Waals surface area contributed by atoms with Crippen LogP contribution in [-0.2, 0) is 17.8 Å². The van der Waals surface area contributed by atoms with E-state index in [0.29, 0.717) is 24.2 Å². The van der Waals surface area contributed by atoms with Gasteiger partial charge in [0.2, 0.25) is 5.91 Å². The number of carbonyl (C=O) groups excluding carboxylic acids is 1. The summed E-state index contributed by atoms with van der Waals surface area (Å²) in [6.45, 7) is 0.911. The lowest BCUT2D eigenvalue weighted by Crippen LogP contribution is -2.37. The molecule has 0 bridgehead atoms. The molecule has 1 amide bonds. The van der Waals surface area contributed by atoms with E-state index in [1.54, 1.807) is 0 Å². The minimum absolute atomic E-state index is 0.0422. The fourth-order valence-electron chi connectivity index (χ4n) is 3.43. The monoisotopic (exact) mass is 342 g/mol. The fraction of sp³-hybridized carbons (Fsp3) is 0.350. The number of aryl methyl sites for hydroxylation is 1. The normalized spacial score (nSPS) is 16.7. The summed E-state index contributed by atoms with van der Waals surface area (Å²) in [6.07, 6.45) is 3.42. The van der Waals surface area contributed by atoms with Crippen LogP contribution in [0.2, 0.25) is 5.02 Å². The molecule has 24 heavy (non-hydrogen) atoms. The Balaban J connectivity index is 1.57. The van der Waals surface area contributed by atoms with Gasteiger partial charge in [0.25, 0.3) is 0 Å². The Labute approximate surface area is 148 Å². The molecule has 0 radical (unpaired) electrons. The number of benzene rings is 2. The molecule has 0 aliphatic heterocycles. The summed E-state index contributed by atoms with van der Waals surface area (Å²) in [5.74, 6) is 0.0422. The molecule has 126 valence electrons. The van der Waals surface area contributed by atoms with Crippen molar-refractivity contribution >= 4 is 17.5 Å². The summed E-state index contributed by atoms with van der Waals surface area (Å²) in [5, 5.41) is 3.67. The van der Waals surface area contributed by atoms with Crippen LogP contribution in [0.3, 0.4) is 0 Å². The van der Waals surface area contributed by atoms with Crippen molar-refractivity contribution in [2.24, 2.45) is 0 Å². The van der Waals surface area contributed by atoms with E-state index in [9.17, 15) is 4.79 Å². The highest BCUT2D eigenvalue weighted by molar-refractivity contribution is 6.30. The number of nitrogens with one attached hydrogen (secondary N) is 1. The second-order valence-electron chi connectivity index (χ2n) is 6.43. The van der Waals surface area contributed by atoms with Crippen LogP contribution in [0.4, 0.5) is 0 Å². The van der Waals surface area contributed by atoms with Gasteiger partial charge >= 0.3 is 0 Å². The SMILES string of the molecule is CN(CC(=O)NCc1cccc(Cl)c1)[C@H]1CCCc2ccccc21. The van der Waals surface area contributed by atoms with E-state index in [-0.39, 0.29) is 5.91 Å². The standard InChI is InChI=1S/C20H23ClN2O/c1-23(19-11-5-8-16-7-2-3-10-18(16)19)14-20(24)22-13-15-6-4-9-17(21)12-15/h2-4,6-7,9-10,12,19H,5,8,11,13-14H2,1H3,(H,22,24)/t19-/m0/s1. The van der Waals surface area contributed by atoms with Gasteiger partial charge in [-0.05, 0) is 55.1 Å². The van der Waals surface area contributed by atoms with Gasteiger partial charge in [-0.2, -0.15) is 0 Å². The van der Waals surface area contributed by atoms with E-state index < -0.39 is 0 Å². The van der Waals surface area contributed by atoms with Crippen molar-refractivity contribution in [1.82, 2.24) is 10.2 Å². The van der Waals surface area contributed by atoms with Crippen LogP contribution in [0.1, 0.15) is 35.6 Å². The van der Waals surface area contributed by atoms with Gasteiger partial charge in [0.15, 0.2) is 0 Å². The topological polar surface area (TPSA) is 32.3 Å². The maximum absolute atomic E-state index is 12.3. The highest BCUT2D eigenvalue weighted by atomic mass is 35.5. The number of fused-ring (bicyclic) bond motifs is 1. The number of likely N-dealkylation sites (N-methyl/N-ethyl adjacent to an activating group) is 1. The predicted molar refractivity (Wildman–Crippen MR) is 98.0 cm³/mol. The Kier molecular flexibility index (Phi) is 5.54. The molecule has 1 N–H and O–H groups in total. The summed E-state index contributed by atoms with van der Waals surface area (Å²) in [5.41, 5.74) is 3.80. The Hall–Kier alpha value is -1.84. The molecule has 1 aliphatic carbocycles. The summed E-state index contributed by atoms with van der Waals surface area (Å²) in [4.78, 5) is 14.4. The summed E-state index contributed by atoms with van der Waals surface area (Å²) in [7, 11) is 2.03. The molecule has 0 saturated carbocycles. The Morgan fingerprint density at radius 3 is 2.92 bits per heavy atom. The first-order chi connectivity index (χ1) is 11.6. The van der Waals surface area contributed by atoms with Gasteiger partial charge in [0, 0.05) is 17.6 Å². The number of hydrogen-bond acceptors (Lipinski definition) is 2. The van der Waals surface area contributed by atoms with E-state index in [1.807, 2.05) is 31.3 Å². The Morgan fingerprint density at radius 1 is 1.25 bits per heavy atom. The zero-order chi connectivity index (χ0) is 16.9. The first-order valence-corrected chi connectivity index (χ1v) is 8.80. The molecule has 0 unspecified atom stereocenters. The van der Waals surface area contributed by atoms with Gasteiger partial charge in [-0.1, -0.05) is 48.0 Å². The molecule has 0 spiro atoms. The predicted octanol–water partition coefficient (Wildman–Crippen LogP) is 3.97. The molecule has 0 saturated heterocycles. The van der Waals surface area contributed by atoms with Crippen LogP contribution in [0, 0.1) is 0 Å². The lowest BCUT2D eigenvalue weighted by atomic mass is 9.87. The van der Waals surface area contributed by atoms with Crippen molar-refractivity contribution in [3.05, 3.63) is 70.2 Å². The maximum Gasteiger partial charge on any atom is 0.234 e. The van der Waals surface area contributed by atoms with Crippen LogP contribution in [0.25, 0.3) is 0 Å². The van der Waals surface area contributed by atoms with Crippen LogP contribution < -0.4 is 5.32 Å². The smallest absolute Gasteiger partial charge is 0.234 e. The molecule has 2 aromatic rings. The van der Waals surface area contributed by atoms with Crippen LogP contribution in [0.5, 0.6) is 0 Å². The summed E-state index contributed by atoms with van der Waals surface area (Å²) >= 11 is 5.97. The van der Waals surface area contributed by atoms with Gasteiger partial charge in [-0.15, -0.1) is 0 Å². The molecule has 4 heteroatoms. The molecule has 1 aliphatic rings. The van der Waals surface area contributed by atoms with Crippen molar-refractivity contribution in [3.63, 3.8) is 0 Å². The third-order valence-corrected chi connectivity index (χ3v) is 4.88. The van der Waals surface area contributed by atoms with Crippen molar-refractivity contribution in [2.45, 2.75) is 31.8 Å². The Morgan fingerprint density at radius 2 is 2.08 bits per heavy atom. The highest BCUT2D eigenvalue weighted by Crippen LogP contribution is 2.33. The van der Waals surface area contributed by atoms with E-state index in [4.69, 9.17) is 11.6 Å². The lowest BCUT2D eigenvalue weighted by molar-refractivity contribution is -0.122. The van der Waals surface area contributed by atoms with Crippen LogP contribution in [0.15, 0.2) is 48.5 Å². The van der Waals surface area contributed by atoms with E-state index >= 15 is 0 Å². The number of hydrogen-bond donors (Lipinski definition) is 1. The van der Waals surface area contributed by atoms with Gasteiger partial charge in [0.1, 0.15) is 0 Å². The zero-order valence-corrected chi connectivity index (χ0v) is 14.7. The molecule has 2 aromatic carbocycles.